The number of hydrogen-bond acceptors (Lipinski definition) is 8. The van der Waals surface area contributed by atoms with Crippen molar-refractivity contribution in [3.63, 3.8) is 0 Å². The van der Waals surface area contributed by atoms with E-state index in [9.17, 15) is 13.2 Å². The summed E-state index contributed by atoms with van der Waals surface area (Å²) in [5.74, 6) is 0.0748. The smallest absolute Gasteiger partial charge is 0.316 e. The maximum Gasteiger partial charge on any atom is 0.316 e. The van der Waals surface area contributed by atoms with Gasteiger partial charge in [-0.05, 0) is 35.9 Å². The van der Waals surface area contributed by atoms with Crippen molar-refractivity contribution in [1.29, 1.82) is 0 Å². The zero-order valence-corrected chi connectivity index (χ0v) is 22.6. The zero-order chi connectivity index (χ0) is 26.9. The molecule has 2 saturated heterocycles. The van der Waals surface area contributed by atoms with E-state index < -0.39 is 15.6 Å². The molecule has 0 atom stereocenters. The van der Waals surface area contributed by atoms with Crippen LogP contribution in [-0.2, 0) is 20.5 Å². The molecule has 0 aliphatic carbocycles. The molecule has 0 spiro atoms. The number of sulfonamides is 1. The SMILES string of the molecule is CC1(COc2c(N3CCN(S(=O)(=O)Cc4ccc(N)cc4)CC3)cnn(-c3cccc(Cl)c3)c2=O)COC1. The van der Waals surface area contributed by atoms with Gasteiger partial charge in [0.1, 0.15) is 5.69 Å². The molecule has 2 fully saturated rings. The molecular formula is C26H30ClN5O5S. The molecule has 0 amide bonds. The Labute approximate surface area is 226 Å². The predicted molar refractivity (Wildman–Crippen MR) is 147 cm³/mol. The van der Waals surface area contributed by atoms with Crippen LogP contribution < -0.4 is 20.9 Å². The minimum atomic E-state index is -3.52. The lowest BCUT2D eigenvalue weighted by Crippen LogP contribution is -2.49. The molecule has 0 saturated carbocycles. The van der Waals surface area contributed by atoms with Gasteiger partial charge < -0.3 is 20.1 Å². The van der Waals surface area contributed by atoms with Crippen LogP contribution in [0.25, 0.3) is 5.69 Å². The highest BCUT2D eigenvalue weighted by Gasteiger charge is 2.36. The van der Waals surface area contributed by atoms with Crippen LogP contribution in [0, 0.1) is 5.41 Å². The summed E-state index contributed by atoms with van der Waals surface area (Å²) in [7, 11) is -3.52. The second kappa shape index (κ2) is 10.6. The van der Waals surface area contributed by atoms with Gasteiger partial charge in [-0.2, -0.15) is 14.1 Å². The first-order valence-electron chi connectivity index (χ1n) is 12.3. The van der Waals surface area contributed by atoms with E-state index in [-0.39, 0.29) is 30.0 Å². The minimum Gasteiger partial charge on any atom is -0.485 e. The molecule has 0 unspecified atom stereocenters. The number of nitrogen functional groups attached to an aromatic ring is 1. The molecule has 2 aromatic carbocycles. The summed E-state index contributed by atoms with van der Waals surface area (Å²) >= 11 is 6.14. The monoisotopic (exact) mass is 559 g/mol. The van der Waals surface area contributed by atoms with Crippen molar-refractivity contribution in [2.45, 2.75) is 12.7 Å². The highest BCUT2D eigenvalue weighted by Crippen LogP contribution is 2.31. The fourth-order valence-corrected chi connectivity index (χ4v) is 6.19. The van der Waals surface area contributed by atoms with E-state index in [0.717, 1.165) is 0 Å². The number of ether oxygens (including phenoxy) is 2. The number of hydrogen-bond donors (Lipinski definition) is 1. The zero-order valence-electron chi connectivity index (χ0n) is 21.0. The Kier molecular flexibility index (Phi) is 7.36. The molecule has 38 heavy (non-hydrogen) atoms. The van der Waals surface area contributed by atoms with Gasteiger partial charge in [-0.15, -0.1) is 0 Å². The topological polar surface area (TPSA) is 120 Å². The maximum absolute atomic E-state index is 13.6. The van der Waals surface area contributed by atoms with Crippen LogP contribution in [0.5, 0.6) is 5.75 Å². The average Bonchev–Trinajstić information content (AvgIpc) is 2.88. The fraction of sp³-hybridized carbons (Fsp3) is 0.385. The number of piperazine rings is 1. The van der Waals surface area contributed by atoms with E-state index in [1.54, 1.807) is 54.7 Å². The lowest BCUT2D eigenvalue weighted by atomic mass is 9.90. The van der Waals surface area contributed by atoms with Gasteiger partial charge in [-0.3, -0.25) is 4.79 Å². The van der Waals surface area contributed by atoms with Gasteiger partial charge in [-0.1, -0.05) is 36.7 Å². The van der Waals surface area contributed by atoms with E-state index in [4.69, 9.17) is 26.8 Å². The second-order valence-corrected chi connectivity index (χ2v) is 12.4. The van der Waals surface area contributed by atoms with Gasteiger partial charge in [0.2, 0.25) is 15.8 Å². The largest absolute Gasteiger partial charge is 0.485 e. The summed E-state index contributed by atoms with van der Waals surface area (Å²) in [6.45, 7) is 4.79. The lowest BCUT2D eigenvalue weighted by Gasteiger charge is -2.38. The van der Waals surface area contributed by atoms with Crippen LogP contribution in [0.1, 0.15) is 12.5 Å². The second-order valence-electron chi connectivity index (χ2n) is 10.0. The number of benzene rings is 2. The van der Waals surface area contributed by atoms with Crippen LogP contribution >= 0.6 is 11.6 Å². The van der Waals surface area contributed by atoms with E-state index in [1.807, 2.05) is 11.8 Å². The predicted octanol–water partition coefficient (Wildman–Crippen LogP) is 2.54. The van der Waals surface area contributed by atoms with Gasteiger partial charge in [0, 0.05) is 42.3 Å². The number of nitrogens with zero attached hydrogens (tertiary/aromatic N) is 4. The van der Waals surface area contributed by atoms with Crippen LogP contribution in [-0.4, -0.2) is 68.5 Å². The van der Waals surface area contributed by atoms with Gasteiger partial charge >= 0.3 is 5.56 Å². The van der Waals surface area contributed by atoms with Crippen LogP contribution in [0.15, 0.2) is 59.5 Å². The van der Waals surface area contributed by atoms with Crippen molar-refractivity contribution >= 4 is 33.0 Å². The Balaban J connectivity index is 1.37. The third-order valence-corrected chi connectivity index (χ3v) is 8.82. The number of anilines is 2. The van der Waals surface area contributed by atoms with Crippen molar-refractivity contribution in [2.24, 2.45) is 5.41 Å². The summed E-state index contributed by atoms with van der Waals surface area (Å²) in [4.78, 5) is 15.5. The molecule has 2 N–H and O–H groups in total. The summed E-state index contributed by atoms with van der Waals surface area (Å²) in [5, 5.41) is 4.88. The molecule has 0 bridgehead atoms. The van der Waals surface area contributed by atoms with Gasteiger partial charge in [0.25, 0.3) is 0 Å². The molecular weight excluding hydrogens is 530 g/mol. The summed E-state index contributed by atoms with van der Waals surface area (Å²) in [6, 6.07) is 13.7. The lowest BCUT2D eigenvalue weighted by molar-refractivity contribution is -0.120. The fourth-order valence-electron chi connectivity index (χ4n) is 4.49. The van der Waals surface area contributed by atoms with Gasteiger partial charge in [0.15, 0.2) is 0 Å². The van der Waals surface area contributed by atoms with Crippen molar-refractivity contribution in [1.82, 2.24) is 14.1 Å². The molecule has 10 nitrogen and oxygen atoms in total. The number of aromatic nitrogens is 2. The Morgan fingerprint density at radius 2 is 1.82 bits per heavy atom. The molecule has 2 aliphatic heterocycles. The summed E-state index contributed by atoms with van der Waals surface area (Å²) < 4.78 is 40.3. The van der Waals surface area contributed by atoms with E-state index in [1.165, 1.54) is 8.99 Å². The van der Waals surface area contributed by atoms with E-state index in [2.05, 4.69) is 5.10 Å². The molecule has 0 radical (unpaired) electrons. The van der Waals surface area contributed by atoms with Crippen molar-refractivity contribution in [3.05, 3.63) is 75.7 Å². The molecule has 12 heteroatoms. The van der Waals surface area contributed by atoms with Crippen molar-refractivity contribution < 1.29 is 17.9 Å². The Hall–Kier alpha value is -3.12. The number of halogens is 1. The standard InChI is InChI=1S/C26H30ClN5O5S/c1-26(16-36-17-26)18-37-24-23(14-29-32(25(24)33)22-4-2-3-20(27)13-22)30-9-11-31(12-10-30)38(34,35)15-19-5-7-21(28)8-6-19/h2-8,13-14H,9-12,15-18,28H2,1H3. The average molecular weight is 560 g/mol. The number of rotatable bonds is 8. The van der Waals surface area contributed by atoms with Crippen LogP contribution in [0.4, 0.5) is 11.4 Å². The van der Waals surface area contributed by atoms with Crippen LogP contribution in [0.3, 0.4) is 0 Å². The van der Waals surface area contributed by atoms with Crippen LogP contribution in [0.2, 0.25) is 5.02 Å². The first kappa shape index (κ1) is 26.5. The number of nitrogens with two attached hydrogens (primary N) is 1. The van der Waals surface area contributed by atoms with Crippen molar-refractivity contribution in [3.8, 4) is 11.4 Å². The third kappa shape index (κ3) is 5.65. The highest BCUT2D eigenvalue weighted by molar-refractivity contribution is 7.88. The first-order valence-corrected chi connectivity index (χ1v) is 14.3. The summed E-state index contributed by atoms with van der Waals surface area (Å²) in [6.07, 6.45) is 1.59. The molecule has 202 valence electrons. The quantitative estimate of drug-likeness (QED) is 0.418. The third-order valence-electron chi connectivity index (χ3n) is 6.74. The Morgan fingerprint density at radius 3 is 2.45 bits per heavy atom. The normalized spacial score (nSPS) is 17.7. The molecule has 3 aromatic rings. The van der Waals surface area contributed by atoms with Gasteiger partial charge in [-0.25, -0.2) is 8.42 Å². The van der Waals surface area contributed by atoms with E-state index >= 15 is 0 Å². The van der Waals surface area contributed by atoms with Gasteiger partial charge in [0.05, 0.1) is 37.5 Å². The maximum atomic E-state index is 13.6. The molecule has 3 heterocycles. The Bertz CT molecular complexity index is 1470. The molecule has 5 rings (SSSR count). The van der Waals surface area contributed by atoms with E-state index in [0.29, 0.717) is 60.6 Å². The Morgan fingerprint density at radius 1 is 1.11 bits per heavy atom. The minimum absolute atomic E-state index is 0.0977. The molecule has 2 aliphatic rings. The summed E-state index contributed by atoms with van der Waals surface area (Å²) in [5.41, 5.74) is 7.45. The van der Waals surface area contributed by atoms with Crippen molar-refractivity contribution in [2.75, 3.05) is 56.6 Å². The molecule has 1 aromatic heterocycles. The highest BCUT2D eigenvalue weighted by atomic mass is 35.5. The first-order chi connectivity index (χ1) is 18.1.